The SMILES string of the molecule is O=C(C[C@@H]1C(=O)Nc2ccccc2N1C(=O)c1cc2ccccc2oc1=O)Nc1ccc(Cl)cc1. The van der Waals surface area contributed by atoms with Crippen molar-refractivity contribution in [3.63, 3.8) is 0 Å². The molecule has 5 rings (SSSR count). The molecule has 3 aromatic carbocycles. The van der Waals surface area contributed by atoms with Crippen LogP contribution in [0.1, 0.15) is 16.8 Å². The number of halogens is 1. The van der Waals surface area contributed by atoms with E-state index in [0.29, 0.717) is 33.1 Å². The maximum absolute atomic E-state index is 13.7. The normalized spacial score (nSPS) is 14.8. The maximum atomic E-state index is 13.7. The molecule has 0 fully saturated rings. The molecule has 0 saturated heterocycles. The van der Waals surface area contributed by atoms with E-state index in [2.05, 4.69) is 10.6 Å². The van der Waals surface area contributed by atoms with Gasteiger partial charge in [0.15, 0.2) is 0 Å². The summed E-state index contributed by atoms with van der Waals surface area (Å²) in [6.07, 6.45) is -0.340. The van der Waals surface area contributed by atoms with Gasteiger partial charge >= 0.3 is 5.63 Å². The lowest BCUT2D eigenvalue weighted by Gasteiger charge is -2.36. The first-order chi connectivity index (χ1) is 16.9. The summed E-state index contributed by atoms with van der Waals surface area (Å²) in [6.45, 7) is 0. The molecule has 35 heavy (non-hydrogen) atoms. The Kier molecular flexibility index (Phi) is 5.80. The van der Waals surface area contributed by atoms with Crippen LogP contribution in [0.5, 0.6) is 0 Å². The summed E-state index contributed by atoms with van der Waals surface area (Å²) in [4.78, 5) is 53.4. The number of carbonyl (C=O) groups is 3. The van der Waals surface area contributed by atoms with Crippen molar-refractivity contribution in [1.82, 2.24) is 0 Å². The fraction of sp³-hybridized carbons (Fsp3) is 0.0769. The van der Waals surface area contributed by atoms with Crippen LogP contribution in [0, 0.1) is 0 Å². The molecule has 4 aromatic rings. The fourth-order valence-electron chi connectivity index (χ4n) is 3.99. The molecular weight excluding hydrogens is 470 g/mol. The monoisotopic (exact) mass is 487 g/mol. The Bertz CT molecular complexity index is 1530. The topological polar surface area (TPSA) is 109 Å². The first-order valence-electron chi connectivity index (χ1n) is 10.7. The van der Waals surface area contributed by atoms with Gasteiger partial charge < -0.3 is 15.1 Å². The molecule has 9 heteroatoms. The number of nitrogens with zero attached hydrogens (tertiary/aromatic N) is 1. The Balaban J connectivity index is 1.52. The van der Waals surface area contributed by atoms with Gasteiger partial charge in [-0.15, -0.1) is 0 Å². The molecule has 2 N–H and O–H groups in total. The van der Waals surface area contributed by atoms with Gasteiger partial charge in [0.1, 0.15) is 17.2 Å². The molecule has 0 saturated carbocycles. The third kappa shape index (κ3) is 4.39. The van der Waals surface area contributed by atoms with Crippen LogP contribution in [0.2, 0.25) is 5.02 Å². The zero-order valence-electron chi connectivity index (χ0n) is 18.2. The molecule has 1 aliphatic rings. The van der Waals surface area contributed by atoms with Gasteiger partial charge in [-0.1, -0.05) is 41.9 Å². The van der Waals surface area contributed by atoms with E-state index in [-0.39, 0.29) is 12.0 Å². The number of benzene rings is 3. The van der Waals surface area contributed by atoms with Crippen molar-refractivity contribution in [2.24, 2.45) is 0 Å². The Hall–Kier alpha value is -4.43. The average Bonchev–Trinajstić information content (AvgIpc) is 2.85. The highest BCUT2D eigenvalue weighted by molar-refractivity contribution is 6.30. The molecule has 174 valence electrons. The van der Waals surface area contributed by atoms with E-state index >= 15 is 0 Å². The molecule has 0 spiro atoms. The summed E-state index contributed by atoms with van der Waals surface area (Å²) >= 11 is 5.89. The van der Waals surface area contributed by atoms with Crippen molar-refractivity contribution in [2.45, 2.75) is 12.5 Å². The minimum Gasteiger partial charge on any atom is -0.422 e. The van der Waals surface area contributed by atoms with Crippen molar-refractivity contribution in [3.05, 3.63) is 99.9 Å². The second-order valence-electron chi connectivity index (χ2n) is 7.94. The first-order valence-corrected chi connectivity index (χ1v) is 11.1. The Labute approximate surface area is 204 Å². The van der Waals surface area contributed by atoms with Gasteiger partial charge in [-0.25, -0.2) is 4.79 Å². The molecule has 8 nitrogen and oxygen atoms in total. The zero-order valence-corrected chi connectivity index (χ0v) is 18.9. The van der Waals surface area contributed by atoms with E-state index in [1.165, 1.54) is 11.0 Å². The number of anilines is 3. The Morgan fingerprint density at radius 1 is 0.971 bits per heavy atom. The third-order valence-corrected chi connectivity index (χ3v) is 5.89. The first kappa shape index (κ1) is 22.4. The second-order valence-corrected chi connectivity index (χ2v) is 8.38. The van der Waals surface area contributed by atoms with Crippen LogP contribution in [-0.4, -0.2) is 23.8 Å². The molecule has 0 radical (unpaired) electrons. The fourth-order valence-corrected chi connectivity index (χ4v) is 4.11. The number of rotatable bonds is 4. The lowest BCUT2D eigenvalue weighted by molar-refractivity contribution is -0.122. The van der Waals surface area contributed by atoms with Crippen molar-refractivity contribution in [3.8, 4) is 0 Å². The predicted molar refractivity (Wildman–Crippen MR) is 133 cm³/mol. The van der Waals surface area contributed by atoms with Gasteiger partial charge in [0.25, 0.3) is 5.91 Å². The van der Waals surface area contributed by atoms with Gasteiger partial charge in [-0.3, -0.25) is 19.3 Å². The van der Waals surface area contributed by atoms with Crippen LogP contribution >= 0.6 is 11.6 Å². The smallest absolute Gasteiger partial charge is 0.349 e. The summed E-state index contributed by atoms with van der Waals surface area (Å²) in [5.41, 5.74) is 0.519. The van der Waals surface area contributed by atoms with Crippen LogP contribution in [0.25, 0.3) is 11.0 Å². The van der Waals surface area contributed by atoms with Crippen LogP contribution in [0.3, 0.4) is 0 Å². The third-order valence-electron chi connectivity index (χ3n) is 5.63. The minimum absolute atomic E-state index is 0.240. The van der Waals surface area contributed by atoms with Crippen LogP contribution < -0.4 is 21.2 Å². The molecule has 3 amide bonds. The van der Waals surface area contributed by atoms with E-state index in [9.17, 15) is 19.2 Å². The molecule has 1 aromatic heterocycles. The lowest BCUT2D eigenvalue weighted by atomic mass is 10.0. The molecule has 2 heterocycles. The van der Waals surface area contributed by atoms with E-state index in [4.69, 9.17) is 16.0 Å². The van der Waals surface area contributed by atoms with Gasteiger partial charge in [0.2, 0.25) is 11.8 Å². The molecule has 0 unspecified atom stereocenters. The summed E-state index contributed by atoms with van der Waals surface area (Å²) in [6, 6.07) is 20.2. The quantitative estimate of drug-likeness (QED) is 0.413. The number of carbonyl (C=O) groups excluding carboxylic acids is 3. The van der Waals surface area contributed by atoms with Gasteiger partial charge in [0, 0.05) is 16.1 Å². The van der Waals surface area contributed by atoms with Crippen molar-refractivity contribution in [1.29, 1.82) is 0 Å². The van der Waals surface area contributed by atoms with Gasteiger partial charge in [-0.2, -0.15) is 0 Å². The van der Waals surface area contributed by atoms with Gasteiger partial charge in [0.05, 0.1) is 17.8 Å². The molecule has 0 aliphatic carbocycles. The summed E-state index contributed by atoms with van der Waals surface area (Å²) < 4.78 is 5.33. The summed E-state index contributed by atoms with van der Waals surface area (Å²) in [5, 5.41) is 6.50. The van der Waals surface area contributed by atoms with E-state index in [1.54, 1.807) is 72.8 Å². The average molecular weight is 488 g/mol. The van der Waals surface area contributed by atoms with Gasteiger partial charge in [-0.05, 0) is 48.5 Å². The van der Waals surface area contributed by atoms with Crippen LogP contribution in [-0.2, 0) is 9.59 Å². The zero-order chi connectivity index (χ0) is 24.5. The highest BCUT2D eigenvalue weighted by Crippen LogP contribution is 2.34. The highest BCUT2D eigenvalue weighted by atomic mass is 35.5. The van der Waals surface area contributed by atoms with Crippen molar-refractivity contribution >= 4 is 57.4 Å². The van der Waals surface area contributed by atoms with Crippen LogP contribution in [0.4, 0.5) is 17.1 Å². The molecular formula is C26H18ClN3O5. The second kappa shape index (κ2) is 9.08. The summed E-state index contributed by atoms with van der Waals surface area (Å²) in [7, 11) is 0. The van der Waals surface area contributed by atoms with Crippen molar-refractivity contribution in [2.75, 3.05) is 15.5 Å². The van der Waals surface area contributed by atoms with E-state index < -0.39 is 29.4 Å². The Morgan fingerprint density at radius 3 is 2.49 bits per heavy atom. The highest BCUT2D eigenvalue weighted by Gasteiger charge is 2.39. The predicted octanol–water partition coefficient (Wildman–Crippen LogP) is 4.44. The number of amides is 3. The standard InChI is InChI=1S/C26H18ClN3O5/c27-16-9-11-17(12-10-16)28-23(31)14-21-24(32)29-19-6-2-3-7-20(19)30(21)25(33)18-13-15-5-1-4-8-22(15)35-26(18)34/h1-13,21H,14H2,(H,28,31)(H,29,32)/t21-/m1/s1. The molecule has 1 atom stereocenters. The summed E-state index contributed by atoms with van der Waals surface area (Å²) in [5.74, 6) is -1.78. The van der Waals surface area contributed by atoms with E-state index in [0.717, 1.165) is 0 Å². The minimum atomic E-state index is -1.20. The van der Waals surface area contributed by atoms with E-state index in [1.807, 2.05) is 0 Å². The number of hydrogen-bond donors (Lipinski definition) is 2. The lowest BCUT2D eigenvalue weighted by Crippen LogP contribution is -2.53. The largest absolute Gasteiger partial charge is 0.422 e. The van der Waals surface area contributed by atoms with Crippen molar-refractivity contribution < 1.29 is 18.8 Å². The molecule has 1 aliphatic heterocycles. The number of nitrogens with one attached hydrogen (secondary N) is 2. The number of hydrogen-bond acceptors (Lipinski definition) is 5. The maximum Gasteiger partial charge on any atom is 0.349 e. The molecule has 0 bridgehead atoms. The number of para-hydroxylation sites is 3. The number of fused-ring (bicyclic) bond motifs is 2. The van der Waals surface area contributed by atoms with Crippen LogP contribution in [0.15, 0.2) is 88.1 Å². The Morgan fingerprint density at radius 2 is 1.69 bits per heavy atom.